The van der Waals surface area contributed by atoms with Gasteiger partial charge in [0.2, 0.25) is 5.91 Å². The molecule has 2 aliphatic rings. The Morgan fingerprint density at radius 3 is 2.18 bits per heavy atom. The van der Waals surface area contributed by atoms with Crippen molar-refractivity contribution < 1.29 is 4.79 Å². The number of amides is 1. The van der Waals surface area contributed by atoms with Gasteiger partial charge in [-0.2, -0.15) is 0 Å². The Balaban J connectivity index is 1.19. The summed E-state index contributed by atoms with van der Waals surface area (Å²) in [6.07, 6.45) is 0. The molecule has 28 heavy (non-hydrogen) atoms. The smallest absolute Gasteiger partial charge is 0.236 e. The molecule has 0 N–H and O–H groups in total. The van der Waals surface area contributed by atoms with Gasteiger partial charge < -0.3 is 9.80 Å². The van der Waals surface area contributed by atoms with E-state index in [-0.39, 0.29) is 5.91 Å². The fraction of sp³-hybridized carbons (Fsp3) is 0.476. The lowest BCUT2D eigenvalue weighted by Crippen LogP contribution is -2.53. The number of benzene rings is 1. The maximum atomic E-state index is 12.7. The molecule has 0 unspecified atom stereocenters. The summed E-state index contributed by atoms with van der Waals surface area (Å²) >= 11 is 7.68. The van der Waals surface area contributed by atoms with Gasteiger partial charge in [-0.15, -0.1) is 11.3 Å². The van der Waals surface area contributed by atoms with Gasteiger partial charge in [0.25, 0.3) is 0 Å². The number of thiophene rings is 1. The van der Waals surface area contributed by atoms with E-state index in [1.807, 2.05) is 17.0 Å². The van der Waals surface area contributed by atoms with Crippen molar-refractivity contribution in [1.29, 1.82) is 0 Å². The van der Waals surface area contributed by atoms with Crippen LogP contribution in [0.3, 0.4) is 0 Å². The van der Waals surface area contributed by atoms with Crippen LogP contribution in [0.4, 0.5) is 5.69 Å². The third-order valence-electron chi connectivity index (χ3n) is 5.59. The normalized spacial score (nSPS) is 19.2. The summed E-state index contributed by atoms with van der Waals surface area (Å²) in [7, 11) is 0. The second kappa shape index (κ2) is 9.27. The number of carbonyl (C=O) groups is 1. The minimum Gasteiger partial charge on any atom is -0.368 e. The standard InChI is InChI=1S/C21H27ClN4OS/c22-20-7-6-19(28-20)16-23-8-10-24(11-9-23)17-21(27)26-14-12-25(13-15-26)18-4-2-1-3-5-18/h1-7H,8-17H2. The zero-order valence-electron chi connectivity index (χ0n) is 16.1. The fourth-order valence-corrected chi connectivity index (χ4v) is 5.04. The zero-order chi connectivity index (χ0) is 19.3. The van der Waals surface area contributed by atoms with Crippen molar-refractivity contribution in [3.05, 3.63) is 51.7 Å². The molecule has 5 nitrogen and oxygen atoms in total. The van der Waals surface area contributed by atoms with Crippen LogP contribution in [-0.2, 0) is 11.3 Å². The summed E-state index contributed by atoms with van der Waals surface area (Å²) in [5.74, 6) is 0.270. The Morgan fingerprint density at radius 2 is 1.54 bits per heavy atom. The highest BCUT2D eigenvalue weighted by atomic mass is 35.5. The number of para-hydroxylation sites is 1. The van der Waals surface area contributed by atoms with E-state index in [1.165, 1.54) is 10.6 Å². The van der Waals surface area contributed by atoms with Gasteiger partial charge in [0.1, 0.15) is 0 Å². The molecule has 7 heteroatoms. The molecule has 2 aliphatic heterocycles. The molecule has 0 spiro atoms. The molecule has 2 saturated heterocycles. The van der Waals surface area contributed by atoms with Crippen LogP contribution in [0.2, 0.25) is 4.34 Å². The van der Waals surface area contributed by atoms with E-state index in [0.717, 1.165) is 63.2 Å². The van der Waals surface area contributed by atoms with E-state index in [4.69, 9.17) is 11.6 Å². The Kier molecular flexibility index (Phi) is 6.52. The Bertz CT molecular complexity index is 768. The zero-order valence-corrected chi connectivity index (χ0v) is 17.7. The first-order valence-electron chi connectivity index (χ1n) is 9.94. The monoisotopic (exact) mass is 418 g/mol. The second-order valence-electron chi connectivity index (χ2n) is 7.46. The van der Waals surface area contributed by atoms with Crippen molar-refractivity contribution in [2.45, 2.75) is 6.54 Å². The van der Waals surface area contributed by atoms with Crippen molar-refractivity contribution in [2.75, 3.05) is 63.8 Å². The highest BCUT2D eigenvalue weighted by Gasteiger charge is 2.25. The van der Waals surface area contributed by atoms with E-state index in [2.05, 4.69) is 45.0 Å². The summed E-state index contributed by atoms with van der Waals surface area (Å²) in [5, 5.41) is 0. The summed E-state index contributed by atoms with van der Waals surface area (Å²) in [6, 6.07) is 14.5. The maximum Gasteiger partial charge on any atom is 0.236 e. The molecule has 0 aliphatic carbocycles. The molecule has 3 heterocycles. The summed E-state index contributed by atoms with van der Waals surface area (Å²) in [5.41, 5.74) is 1.25. The largest absolute Gasteiger partial charge is 0.368 e. The average molecular weight is 419 g/mol. The highest BCUT2D eigenvalue weighted by Crippen LogP contribution is 2.23. The number of carbonyl (C=O) groups excluding carboxylic acids is 1. The molecule has 2 fully saturated rings. The van der Waals surface area contributed by atoms with Crippen molar-refractivity contribution in [3.63, 3.8) is 0 Å². The number of rotatable bonds is 5. The van der Waals surface area contributed by atoms with Gasteiger partial charge in [0, 0.05) is 69.5 Å². The Hall–Kier alpha value is -1.60. The van der Waals surface area contributed by atoms with Crippen LogP contribution in [0.15, 0.2) is 42.5 Å². The van der Waals surface area contributed by atoms with Crippen LogP contribution in [-0.4, -0.2) is 79.5 Å². The van der Waals surface area contributed by atoms with Gasteiger partial charge >= 0.3 is 0 Å². The lowest BCUT2D eigenvalue weighted by Gasteiger charge is -2.38. The third kappa shape index (κ3) is 5.06. The van der Waals surface area contributed by atoms with Gasteiger partial charge in [0.15, 0.2) is 0 Å². The molecular weight excluding hydrogens is 392 g/mol. The van der Waals surface area contributed by atoms with E-state index in [0.29, 0.717) is 6.54 Å². The van der Waals surface area contributed by atoms with E-state index < -0.39 is 0 Å². The molecule has 0 atom stereocenters. The van der Waals surface area contributed by atoms with Crippen molar-refractivity contribution in [1.82, 2.24) is 14.7 Å². The predicted octanol–water partition coefficient (Wildman–Crippen LogP) is 2.87. The molecule has 1 aromatic carbocycles. The number of piperazine rings is 2. The van der Waals surface area contributed by atoms with Gasteiger partial charge in [-0.25, -0.2) is 0 Å². The van der Waals surface area contributed by atoms with E-state index in [1.54, 1.807) is 11.3 Å². The number of nitrogens with zero attached hydrogens (tertiary/aromatic N) is 4. The Labute approximate surface area is 176 Å². The molecule has 0 radical (unpaired) electrons. The van der Waals surface area contributed by atoms with Gasteiger partial charge in [0.05, 0.1) is 10.9 Å². The van der Waals surface area contributed by atoms with E-state index in [9.17, 15) is 4.79 Å². The van der Waals surface area contributed by atoms with Crippen molar-refractivity contribution >= 4 is 34.5 Å². The predicted molar refractivity (Wildman–Crippen MR) is 116 cm³/mol. The van der Waals surface area contributed by atoms with Crippen LogP contribution in [0.5, 0.6) is 0 Å². The average Bonchev–Trinajstić information content (AvgIpc) is 3.15. The first kappa shape index (κ1) is 19.7. The lowest BCUT2D eigenvalue weighted by molar-refractivity contribution is -0.133. The fourth-order valence-electron chi connectivity index (χ4n) is 3.91. The van der Waals surface area contributed by atoms with Crippen LogP contribution in [0.25, 0.3) is 0 Å². The number of halogens is 1. The maximum absolute atomic E-state index is 12.7. The van der Waals surface area contributed by atoms with Crippen LogP contribution in [0, 0.1) is 0 Å². The first-order chi connectivity index (χ1) is 13.7. The topological polar surface area (TPSA) is 30.0 Å². The van der Waals surface area contributed by atoms with Crippen LogP contribution >= 0.6 is 22.9 Å². The molecule has 150 valence electrons. The quantitative estimate of drug-likeness (QED) is 0.746. The lowest BCUT2D eigenvalue weighted by atomic mass is 10.2. The first-order valence-corrected chi connectivity index (χ1v) is 11.1. The molecule has 0 saturated carbocycles. The Morgan fingerprint density at radius 1 is 0.857 bits per heavy atom. The third-order valence-corrected chi connectivity index (χ3v) is 6.80. The molecule has 1 amide bonds. The molecule has 2 aromatic rings. The second-order valence-corrected chi connectivity index (χ2v) is 9.26. The summed E-state index contributed by atoms with van der Waals surface area (Å²) in [4.78, 5) is 23.2. The minimum atomic E-state index is 0.270. The summed E-state index contributed by atoms with van der Waals surface area (Å²) < 4.78 is 0.853. The van der Waals surface area contributed by atoms with Crippen LogP contribution in [0.1, 0.15) is 4.88 Å². The number of hydrogen-bond acceptors (Lipinski definition) is 5. The van der Waals surface area contributed by atoms with Crippen molar-refractivity contribution in [2.24, 2.45) is 0 Å². The number of anilines is 1. The SMILES string of the molecule is O=C(CN1CCN(Cc2ccc(Cl)s2)CC1)N1CCN(c2ccccc2)CC1. The number of hydrogen-bond donors (Lipinski definition) is 0. The molecule has 1 aromatic heterocycles. The highest BCUT2D eigenvalue weighted by molar-refractivity contribution is 7.16. The minimum absolute atomic E-state index is 0.270. The van der Waals surface area contributed by atoms with Crippen LogP contribution < -0.4 is 4.90 Å². The molecule has 4 rings (SSSR count). The van der Waals surface area contributed by atoms with Gasteiger partial charge in [-0.1, -0.05) is 29.8 Å². The van der Waals surface area contributed by atoms with Gasteiger partial charge in [-0.3, -0.25) is 14.6 Å². The van der Waals surface area contributed by atoms with Crippen molar-refractivity contribution in [3.8, 4) is 0 Å². The summed E-state index contributed by atoms with van der Waals surface area (Å²) in [6.45, 7) is 8.86. The van der Waals surface area contributed by atoms with E-state index >= 15 is 0 Å². The molecule has 0 bridgehead atoms. The van der Waals surface area contributed by atoms with Gasteiger partial charge in [-0.05, 0) is 24.3 Å². The molecular formula is C21H27ClN4OS.